The van der Waals surface area contributed by atoms with Crippen LogP contribution in [0.4, 0.5) is 5.69 Å². The standard InChI is InChI=1S/C20H23N3O5S/c21-29(26,27)16-9-7-14(8-10-16)12-19(24)23-18-6-2-1-5-17(18)20(25)22-13-15-4-3-11-28-15/h1-2,5-10,15H,3-4,11-13H2,(H,22,25)(H,23,24)(H2,21,26,27). The maximum absolute atomic E-state index is 12.5. The molecule has 0 bridgehead atoms. The molecule has 9 heteroatoms. The third-order valence-electron chi connectivity index (χ3n) is 4.58. The zero-order chi connectivity index (χ0) is 20.9. The molecule has 2 aromatic carbocycles. The van der Waals surface area contributed by atoms with Crippen LogP contribution in [0, 0.1) is 0 Å². The van der Waals surface area contributed by atoms with Gasteiger partial charge in [-0.3, -0.25) is 9.59 Å². The third kappa shape index (κ3) is 5.86. The average molecular weight is 417 g/mol. The van der Waals surface area contributed by atoms with Crippen molar-refractivity contribution in [1.82, 2.24) is 5.32 Å². The molecular weight excluding hydrogens is 394 g/mol. The van der Waals surface area contributed by atoms with Crippen molar-refractivity contribution in [2.24, 2.45) is 5.14 Å². The van der Waals surface area contributed by atoms with E-state index < -0.39 is 10.0 Å². The number of nitrogens with two attached hydrogens (primary N) is 1. The predicted molar refractivity (Wildman–Crippen MR) is 108 cm³/mol. The highest BCUT2D eigenvalue weighted by molar-refractivity contribution is 7.89. The van der Waals surface area contributed by atoms with Gasteiger partial charge in [-0.05, 0) is 42.7 Å². The zero-order valence-electron chi connectivity index (χ0n) is 15.8. The molecule has 8 nitrogen and oxygen atoms in total. The first-order chi connectivity index (χ1) is 13.8. The van der Waals surface area contributed by atoms with E-state index in [9.17, 15) is 18.0 Å². The Balaban J connectivity index is 1.62. The highest BCUT2D eigenvalue weighted by Gasteiger charge is 2.18. The Hall–Kier alpha value is -2.75. The average Bonchev–Trinajstić information content (AvgIpc) is 3.20. The lowest BCUT2D eigenvalue weighted by atomic mass is 10.1. The normalized spacial score (nSPS) is 16.4. The Morgan fingerprint density at radius 3 is 2.48 bits per heavy atom. The second-order valence-corrected chi connectivity index (χ2v) is 8.37. The van der Waals surface area contributed by atoms with E-state index in [1.807, 2.05) is 0 Å². The van der Waals surface area contributed by atoms with Gasteiger partial charge in [-0.25, -0.2) is 13.6 Å². The lowest BCUT2D eigenvalue weighted by Gasteiger charge is -2.14. The van der Waals surface area contributed by atoms with Crippen LogP contribution in [-0.4, -0.2) is 39.5 Å². The largest absolute Gasteiger partial charge is 0.376 e. The molecule has 154 valence electrons. The smallest absolute Gasteiger partial charge is 0.253 e. The molecule has 0 radical (unpaired) electrons. The molecule has 29 heavy (non-hydrogen) atoms. The zero-order valence-corrected chi connectivity index (χ0v) is 16.6. The fraction of sp³-hybridized carbons (Fsp3) is 0.300. The van der Waals surface area contributed by atoms with Crippen molar-refractivity contribution in [2.75, 3.05) is 18.5 Å². The summed E-state index contributed by atoms with van der Waals surface area (Å²) in [7, 11) is -3.78. The summed E-state index contributed by atoms with van der Waals surface area (Å²) < 4.78 is 28.1. The van der Waals surface area contributed by atoms with Gasteiger partial charge in [-0.2, -0.15) is 0 Å². The monoisotopic (exact) mass is 417 g/mol. The van der Waals surface area contributed by atoms with Crippen LogP contribution in [-0.2, 0) is 26.0 Å². The Morgan fingerprint density at radius 1 is 1.10 bits per heavy atom. The maximum Gasteiger partial charge on any atom is 0.253 e. The van der Waals surface area contributed by atoms with Crippen LogP contribution < -0.4 is 15.8 Å². The Labute approximate surface area is 169 Å². The van der Waals surface area contributed by atoms with Crippen LogP contribution in [0.3, 0.4) is 0 Å². The van der Waals surface area contributed by atoms with E-state index >= 15 is 0 Å². The minimum atomic E-state index is -3.78. The third-order valence-corrected chi connectivity index (χ3v) is 5.51. The molecule has 0 saturated carbocycles. The molecule has 1 aliphatic rings. The van der Waals surface area contributed by atoms with Gasteiger partial charge < -0.3 is 15.4 Å². The first-order valence-corrected chi connectivity index (χ1v) is 10.8. The number of hydrogen-bond donors (Lipinski definition) is 3. The summed E-state index contributed by atoms with van der Waals surface area (Å²) in [6.45, 7) is 1.14. The number of sulfonamides is 1. The number of hydrogen-bond acceptors (Lipinski definition) is 5. The Kier molecular flexibility index (Phi) is 6.63. The molecule has 0 aliphatic carbocycles. The molecule has 1 unspecified atom stereocenters. The Morgan fingerprint density at radius 2 is 1.83 bits per heavy atom. The highest BCUT2D eigenvalue weighted by atomic mass is 32.2. The van der Waals surface area contributed by atoms with Gasteiger partial charge in [0.2, 0.25) is 15.9 Å². The molecular formula is C20H23N3O5S. The molecule has 3 rings (SSSR count). The van der Waals surface area contributed by atoms with Crippen molar-refractivity contribution in [3.63, 3.8) is 0 Å². The van der Waals surface area contributed by atoms with Crippen molar-refractivity contribution in [1.29, 1.82) is 0 Å². The van der Waals surface area contributed by atoms with Crippen molar-refractivity contribution in [2.45, 2.75) is 30.3 Å². The topological polar surface area (TPSA) is 128 Å². The van der Waals surface area contributed by atoms with Gasteiger partial charge in [0.05, 0.1) is 28.7 Å². The molecule has 1 saturated heterocycles. The number of carbonyl (C=O) groups is 2. The number of rotatable bonds is 7. The van der Waals surface area contributed by atoms with Gasteiger partial charge in [0, 0.05) is 13.2 Å². The molecule has 0 spiro atoms. The number of primary sulfonamides is 1. The van der Waals surface area contributed by atoms with E-state index in [1.165, 1.54) is 24.3 Å². The number of nitrogens with one attached hydrogen (secondary N) is 2. The lowest BCUT2D eigenvalue weighted by Crippen LogP contribution is -2.32. The molecule has 1 fully saturated rings. The molecule has 4 N–H and O–H groups in total. The molecule has 1 heterocycles. The van der Waals surface area contributed by atoms with Crippen LogP contribution in [0.15, 0.2) is 53.4 Å². The van der Waals surface area contributed by atoms with E-state index in [-0.39, 0.29) is 29.2 Å². The van der Waals surface area contributed by atoms with Gasteiger partial charge in [-0.15, -0.1) is 0 Å². The minimum absolute atomic E-state index is 0.0186. The number of ether oxygens (including phenoxy) is 1. The van der Waals surface area contributed by atoms with E-state index in [2.05, 4.69) is 10.6 Å². The number of para-hydroxylation sites is 1. The summed E-state index contributed by atoms with van der Waals surface area (Å²) >= 11 is 0. The molecule has 0 aromatic heterocycles. The second-order valence-electron chi connectivity index (χ2n) is 6.80. The highest BCUT2D eigenvalue weighted by Crippen LogP contribution is 2.17. The SMILES string of the molecule is NS(=O)(=O)c1ccc(CC(=O)Nc2ccccc2C(=O)NCC2CCCO2)cc1. The van der Waals surface area contributed by atoms with Crippen molar-refractivity contribution < 1.29 is 22.7 Å². The van der Waals surface area contributed by atoms with Gasteiger partial charge in [0.15, 0.2) is 0 Å². The number of anilines is 1. The number of amides is 2. The van der Waals surface area contributed by atoms with E-state index in [0.717, 1.165) is 12.8 Å². The summed E-state index contributed by atoms with van der Waals surface area (Å²) in [4.78, 5) is 24.9. The van der Waals surface area contributed by atoms with Gasteiger partial charge in [-0.1, -0.05) is 24.3 Å². The predicted octanol–water partition coefficient (Wildman–Crippen LogP) is 1.42. The first kappa shape index (κ1) is 21.0. The fourth-order valence-corrected chi connectivity index (χ4v) is 3.59. The fourth-order valence-electron chi connectivity index (χ4n) is 3.07. The van der Waals surface area contributed by atoms with Gasteiger partial charge in [0.1, 0.15) is 0 Å². The lowest BCUT2D eigenvalue weighted by molar-refractivity contribution is -0.115. The Bertz CT molecular complexity index is 983. The van der Waals surface area contributed by atoms with E-state index in [4.69, 9.17) is 9.88 Å². The van der Waals surface area contributed by atoms with Crippen LogP contribution in [0.5, 0.6) is 0 Å². The summed E-state index contributed by atoms with van der Waals surface area (Å²) in [5.41, 5.74) is 1.39. The summed E-state index contributed by atoms with van der Waals surface area (Å²) in [6, 6.07) is 12.5. The molecule has 2 amide bonds. The summed E-state index contributed by atoms with van der Waals surface area (Å²) in [5, 5.41) is 10.6. The maximum atomic E-state index is 12.5. The number of benzene rings is 2. The summed E-state index contributed by atoms with van der Waals surface area (Å²) in [5.74, 6) is -0.610. The quantitative estimate of drug-likeness (QED) is 0.628. The first-order valence-electron chi connectivity index (χ1n) is 9.23. The van der Waals surface area contributed by atoms with Crippen LogP contribution in [0.25, 0.3) is 0 Å². The molecule has 1 atom stereocenters. The number of carbonyl (C=O) groups excluding carboxylic acids is 2. The van der Waals surface area contributed by atoms with E-state index in [0.29, 0.717) is 30.0 Å². The van der Waals surface area contributed by atoms with Crippen molar-refractivity contribution in [3.8, 4) is 0 Å². The van der Waals surface area contributed by atoms with Crippen LogP contribution in [0.1, 0.15) is 28.8 Å². The van der Waals surface area contributed by atoms with Crippen molar-refractivity contribution in [3.05, 3.63) is 59.7 Å². The molecule has 2 aromatic rings. The molecule has 1 aliphatic heterocycles. The van der Waals surface area contributed by atoms with Crippen molar-refractivity contribution >= 4 is 27.5 Å². The van der Waals surface area contributed by atoms with Crippen LogP contribution >= 0.6 is 0 Å². The van der Waals surface area contributed by atoms with Gasteiger partial charge >= 0.3 is 0 Å². The minimum Gasteiger partial charge on any atom is -0.376 e. The summed E-state index contributed by atoms with van der Waals surface area (Å²) in [6.07, 6.45) is 1.96. The van der Waals surface area contributed by atoms with Crippen LogP contribution in [0.2, 0.25) is 0 Å². The van der Waals surface area contributed by atoms with E-state index in [1.54, 1.807) is 24.3 Å². The van der Waals surface area contributed by atoms with Gasteiger partial charge in [0.25, 0.3) is 5.91 Å². The second kappa shape index (κ2) is 9.17.